The number of ether oxygens (including phenoxy) is 11. The lowest BCUT2D eigenvalue weighted by molar-refractivity contribution is -0.0686. The van der Waals surface area contributed by atoms with Crippen LogP contribution in [0.15, 0.2) is 158 Å². The van der Waals surface area contributed by atoms with E-state index in [-0.39, 0.29) is 41.9 Å². The second-order valence-corrected chi connectivity index (χ2v) is 25.0. The Morgan fingerprint density at radius 1 is 0.430 bits per heavy atom. The van der Waals surface area contributed by atoms with Gasteiger partial charge in [-0.2, -0.15) is 43.9 Å². The summed E-state index contributed by atoms with van der Waals surface area (Å²) in [6.07, 6.45) is 8.86. The summed E-state index contributed by atoms with van der Waals surface area (Å²) in [4.78, 5) is 38.6. The van der Waals surface area contributed by atoms with Crippen LogP contribution < -0.4 is 86.8 Å². The molecule has 14 rings (SSSR count). The molecule has 2 atom stereocenters. The molecule has 38 nitrogen and oxygen atoms in total. The molecular weight excluding hydrogens is 1470 g/mol. The van der Waals surface area contributed by atoms with E-state index in [4.69, 9.17) is 80.3 Å². The number of benzene rings is 4. The van der Waals surface area contributed by atoms with Crippen LogP contribution in [-0.2, 0) is 9.47 Å². The third-order valence-electron chi connectivity index (χ3n) is 17.0. The summed E-state index contributed by atoms with van der Waals surface area (Å²) in [6.45, 7) is 12.9. The molecule has 12 N–H and O–H groups in total. The zero-order chi connectivity index (χ0) is 80.3. The first-order valence-electron chi connectivity index (χ1n) is 36.0. The number of nitrogens with one attached hydrogen (secondary N) is 4. The minimum absolute atomic E-state index is 0.154. The number of morpholine rings is 2. The fourth-order valence-electron chi connectivity index (χ4n) is 11.7. The molecule has 2 saturated heterocycles. The van der Waals surface area contributed by atoms with Crippen molar-refractivity contribution < 1.29 is 52.1 Å². The Kier molecular flexibility index (Phi) is 28.5. The van der Waals surface area contributed by atoms with Gasteiger partial charge in [-0.15, -0.1) is 20.4 Å². The number of hydrogen-bond acceptors (Lipinski definition) is 34. The molecule has 2 fully saturated rings. The van der Waals surface area contributed by atoms with E-state index in [1.165, 1.54) is 24.9 Å². The van der Waals surface area contributed by atoms with Crippen molar-refractivity contribution in [3.8, 4) is 81.1 Å². The van der Waals surface area contributed by atoms with E-state index in [1.54, 1.807) is 117 Å². The van der Waals surface area contributed by atoms with Gasteiger partial charge in [-0.05, 0) is 112 Å². The van der Waals surface area contributed by atoms with Gasteiger partial charge >= 0.3 is 0 Å². The maximum Gasteiger partial charge on any atom is 0.249 e. The molecule has 10 heterocycles. The van der Waals surface area contributed by atoms with Crippen molar-refractivity contribution in [3.63, 3.8) is 0 Å². The summed E-state index contributed by atoms with van der Waals surface area (Å²) < 4.78 is 66.3. The number of pyridine rings is 4. The lowest BCUT2D eigenvalue weighted by atomic mass is 10.2. The number of nitriles is 1. The van der Waals surface area contributed by atoms with E-state index >= 15 is 0 Å². The number of nitrogens with two attached hydrogens (primary N) is 4. The van der Waals surface area contributed by atoms with Crippen LogP contribution in [-0.4, -0.2) is 216 Å². The van der Waals surface area contributed by atoms with Gasteiger partial charge in [-0.3, -0.25) is 9.80 Å². The van der Waals surface area contributed by atoms with Crippen molar-refractivity contribution in [2.75, 3.05) is 160 Å². The van der Waals surface area contributed by atoms with E-state index in [1.807, 2.05) is 91.0 Å². The summed E-state index contributed by atoms with van der Waals surface area (Å²) in [5.74, 6) is 9.92. The van der Waals surface area contributed by atoms with Crippen molar-refractivity contribution in [1.82, 2.24) is 88.8 Å². The first-order chi connectivity index (χ1) is 55.5. The Morgan fingerprint density at radius 3 is 1.25 bits per heavy atom. The van der Waals surface area contributed by atoms with Gasteiger partial charge < -0.3 is 96.3 Å². The van der Waals surface area contributed by atoms with Crippen molar-refractivity contribution in [3.05, 3.63) is 164 Å². The lowest BCUT2D eigenvalue weighted by Crippen LogP contribution is -2.45. The molecule has 12 aromatic rings. The standard InChI is InChI=1S/C23H31N7O3.C21H27N7O3.C16H15N7O2.C16H18N6O3/c1-16-14-29(15-17(2)33-16)11-6-12-32-19-9-8-18(13-20(19)31-3)26-23-27-22(24)30(28-23)21-7-4-5-10-25-21;1-29-18-15-16(6-7-17(18)31-12-4-9-27-10-13-30-14-11-27)24-21-25-20(22)28(26-21)19-5-2-3-8-23-19;1-24-11-4-5-13(25-2)12(7-11)20-16-21-15(18)23(22-16)14-6-3-10(8-17)9-19-14;1-23-11-9-13(25-3)12(24-2)8-10(11)19-16-20-15(17)22(21-16)14-6-4-5-7-18-14/h4-5,7-10,13,16-17H,6,11-12,14-15H2,1-3H3,(H3,24,26,27,28);2-3,5-8,15H,4,9-14H2,1H3,(H3,22,24,25,26);3-7,9H,1-2H3,(H3,18,20,21,22);4-9H,1-3H3,(H3,17,19,20,21). The second kappa shape index (κ2) is 40.1. The van der Waals surface area contributed by atoms with Gasteiger partial charge in [0.15, 0.2) is 57.8 Å². The normalized spacial score (nSPS) is 13.8. The molecule has 4 aromatic carbocycles. The molecule has 38 heteroatoms. The summed E-state index contributed by atoms with van der Waals surface area (Å²) in [6, 6.07) is 41.7. The number of nitrogen functional groups attached to an aromatic ring is 4. The molecule has 8 aromatic heterocycles. The first kappa shape index (κ1) is 81.0. The Hall–Kier alpha value is -14.0. The van der Waals surface area contributed by atoms with Crippen LogP contribution in [0.4, 0.5) is 70.3 Å². The van der Waals surface area contributed by atoms with Crippen LogP contribution in [0.5, 0.6) is 51.7 Å². The molecule has 2 unspecified atom stereocenters. The van der Waals surface area contributed by atoms with Crippen molar-refractivity contribution in [2.24, 2.45) is 0 Å². The highest BCUT2D eigenvalue weighted by molar-refractivity contribution is 5.70. The van der Waals surface area contributed by atoms with Crippen molar-refractivity contribution in [2.45, 2.75) is 38.9 Å². The molecule has 0 radical (unpaired) electrons. The van der Waals surface area contributed by atoms with Gasteiger partial charge in [-0.1, -0.05) is 18.2 Å². The fourth-order valence-corrected chi connectivity index (χ4v) is 11.7. The van der Waals surface area contributed by atoms with E-state index in [9.17, 15) is 0 Å². The Bertz CT molecular complexity index is 5060. The smallest absolute Gasteiger partial charge is 0.249 e. The lowest BCUT2D eigenvalue weighted by Gasteiger charge is -2.35. The Morgan fingerprint density at radius 2 is 0.842 bits per heavy atom. The third-order valence-corrected chi connectivity index (χ3v) is 17.0. The average molecular weight is 1560 g/mol. The molecule has 2 aliphatic rings. The molecule has 0 aliphatic carbocycles. The molecule has 2 aliphatic heterocycles. The maximum absolute atomic E-state index is 8.83. The minimum atomic E-state index is 0.154. The molecule has 596 valence electrons. The largest absolute Gasteiger partial charge is 0.497 e. The monoisotopic (exact) mass is 1560 g/mol. The number of anilines is 12. The highest BCUT2D eigenvalue weighted by Crippen LogP contribution is 2.40. The number of rotatable bonds is 29. The van der Waals surface area contributed by atoms with Crippen LogP contribution in [0, 0.1) is 11.3 Å². The zero-order valence-corrected chi connectivity index (χ0v) is 64.4. The van der Waals surface area contributed by atoms with Crippen LogP contribution in [0.25, 0.3) is 23.3 Å². The van der Waals surface area contributed by atoms with Crippen LogP contribution in [0.1, 0.15) is 32.3 Å². The summed E-state index contributed by atoms with van der Waals surface area (Å²) in [5.41, 5.74) is 27.0. The third kappa shape index (κ3) is 21.9. The van der Waals surface area contributed by atoms with Gasteiger partial charge in [0.1, 0.15) is 23.3 Å². The number of methoxy groups -OCH3 is 7. The summed E-state index contributed by atoms with van der Waals surface area (Å²) in [7, 11) is 11.0. The van der Waals surface area contributed by atoms with Crippen LogP contribution in [0.2, 0.25) is 0 Å². The SMILES string of the molecule is COc1cc(Nc2nc(N)n(-c3ccccn3)n2)ccc1OCCCN1CC(C)OC(C)C1.COc1cc(Nc2nc(N)n(-c3ccccn3)n2)ccc1OCCCN1CCOCC1.COc1cc(OC)c(OC)cc1Nc1nc(N)n(-c2ccccn2)n1.COc1ccc(OC)c(Nc2nc(N)n(-c3ccc(C#N)cn3)n2)c1. The Balaban J connectivity index is 0.000000151. The first-order valence-corrected chi connectivity index (χ1v) is 36.0. The van der Waals surface area contributed by atoms with Crippen molar-refractivity contribution in [1.29, 1.82) is 5.26 Å². The predicted octanol–water partition coefficient (Wildman–Crippen LogP) is 8.86. The fraction of sp³-hybridized carbons (Fsp3) is 0.303. The number of nitrogens with zero attached hydrogens (tertiary/aromatic N) is 19. The van der Waals surface area contributed by atoms with E-state index in [0.717, 1.165) is 76.7 Å². The van der Waals surface area contributed by atoms with Gasteiger partial charge in [0.2, 0.25) is 47.6 Å². The van der Waals surface area contributed by atoms with E-state index < -0.39 is 0 Å². The Labute approximate surface area is 657 Å². The second-order valence-electron chi connectivity index (χ2n) is 25.0. The van der Waals surface area contributed by atoms with Gasteiger partial charge in [0.25, 0.3) is 0 Å². The highest BCUT2D eigenvalue weighted by Gasteiger charge is 2.23. The molecule has 0 amide bonds. The molecule has 0 spiro atoms. The number of hydrogen-bond donors (Lipinski definition) is 8. The van der Waals surface area contributed by atoms with E-state index in [2.05, 4.69) is 105 Å². The quantitative estimate of drug-likeness (QED) is 0.0203. The zero-order valence-electron chi connectivity index (χ0n) is 64.4. The minimum Gasteiger partial charge on any atom is -0.497 e. The predicted molar refractivity (Wildman–Crippen MR) is 428 cm³/mol. The van der Waals surface area contributed by atoms with Crippen LogP contribution in [0.3, 0.4) is 0 Å². The van der Waals surface area contributed by atoms with Gasteiger partial charge in [0.05, 0.1) is 105 Å². The topological polar surface area (TPSA) is 458 Å². The highest BCUT2D eigenvalue weighted by atomic mass is 16.5. The maximum atomic E-state index is 8.83. The molecule has 114 heavy (non-hydrogen) atoms. The average Bonchev–Trinajstić information content (AvgIpc) is 1.78. The number of aromatic nitrogens is 16. The molecule has 0 saturated carbocycles. The van der Waals surface area contributed by atoms with E-state index in [0.29, 0.717) is 123 Å². The van der Waals surface area contributed by atoms with Crippen LogP contribution >= 0.6 is 0 Å². The molecular formula is C76H91N27O11. The summed E-state index contributed by atoms with van der Waals surface area (Å²) >= 11 is 0. The van der Waals surface area contributed by atoms with Gasteiger partial charge in [-0.25, -0.2) is 19.9 Å². The van der Waals surface area contributed by atoms with Crippen molar-refractivity contribution >= 4 is 70.3 Å². The molecule has 0 bridgehead atoms. The summed E-state index contributed by atoms with van der Waals surface area (Å²) in [5, 5.41) is 38.6. The van der Waals surface area contributed by atoms with Gasteiger partial charge in [0, 0.05) is 106 Å².